The number of benzene rings is 1. The van der Waals surface area contributed by atoms with Crippen molar-refractivity contribution in [1.82, 2.24) is 0 Å². The average Bonchev–Trinajstić information content (AvgIpc) is 2.34. The van der Waals surface area contributed by atoms with Gasteiger partial charge in [0.15, 0.2) is 0 Å². The van der Waals surface area contributed by atoms with E-state index in [2.05, 4.69) is 17.2 Å². The van der Waals surface area contributed by atoms with Gasteiger partial charge in [-0.05, 0) is 25.1 Å². The smallest absolute Gasteiger partial charge is 0.250 e. The molecule has 1 rings (SSSR count). The number of amides is 1. The van der Waals surface area contributed by atoms with Crippen molar-refractivity contribution in [1.29, 1.82) is 0 Å². The van der Waals surface area contributed by atoms with Crippen molar-refractivity contribution in [3.05, 3.63) is 29.8 Å². The lowest BCUT2D eigenvalue weighted by Gasteiger charge is -2.05. The predicted octanol–water partition coefficient (Wildman–Crippen LogP) is 0.972. The normalized spacial score (nSPS) is 9.29. The van der Waals surface area contributed by atoms with Crippen molar-refractivity contribution >= 4 is 11.6 Å². The van der Waals surface area contributed by atoms with Gasteiger partial charge in [0.05, 0.1) is 6.54 Å². The second-order valence-corrected chi connectivity index (χ2v) is 3.27. The molecular weight excluding hydrogens is 216 g/mol. The Hall–Kier alpha value is -1.83. The van der Waals surface area contributed by atoms with Crippen LogP contribution in [0.1, 0.15) is 12.5 Å². The van der Waals surface area contributed by atoms with E-state index in [4.69, 9.17) is 10.5 Å². The number of carbonyl (C=O) groups excluding carboxylic acids is 1. The molecule has 90 valence electrons. The summed E-state index contributed by atoms with van der Waals surface area (Å²) in [5, 5.41) is 2.73. The zero-order valence-corrected chi connectivity index (χ0v) is 9.82. The summed E-state index contributed by atoms with van der Waals surface area (Å²) in [6, 6.07) is 7.29. The lowest BCUT2D eigenvalue weighted by Crippen LogP contribution is -2.18. The predicted molar refractivity (Wildman–Crippen MR) is 67.5 cm³/mol. The minimum Gasteiger partial charge on any atom is -0.372 e. The van der Waals surface area contributed by atoms with E-state index >= 15 is 0 Å². The Morgan fingerprint density at radius 3 is 3.06 bits per heavy atom. The first-order valence-electron chi connectivity index (χ1n) is 5.43. The fraction of sp³-hybridized carbons (Fsp3) is 0.308. The molecule has 1 aromatic rings. The Labute approximate surface area is 101 Å². The molecule has 1 amide bonds. The summed E-state index contributed by atoms with van der Waals surface area (Å²) in [6.07, 6.45) is 0. The molecule has 0 aliphatic carbocycles. The van der Waals surface area contributed by atoms with E-state index in [-0.39, 0.29) is 12.5 Å². The van der Waals surface area contributed by atoms with Crippen molar-refractivity contribution in [2.24, 2.45) is 5.73 Å². The van der Waals surface area contributed by atoms with Crippen LogP contribution in [0.25, 0.3) is 0 Å². The SMILES string of the molecule is CCOCC(=O)Nc1cccc(C#CCN)c1. The highest BCUT2D eigenvalue weighted by Gasteiger charge is 2.01. The van der Waals surface area contributed by atoms with Crippen molar-refractivity contribution in [3.8, 4) is 11.8 Å². The number of anilines is 1. The number of nitrogens with one attached hydrogen (secondary N) is 1. The number of hydrogen-bond acceptors (Lipinski definition) is 3. The summed E-state index contributed by atoms with van der Waals surface area (Å²) in [5.41, 5.74) is 6.82. The van der Waals surface area contributed by atoms with Gasteiger partial charge in [-0.15, -0.1) is 0 Å². The van der Waals surface area contributed by atoms with Gasteiger partial charge >= 0.3 is 0 Å². The van der Waals surface area contributed by atoms with Gasteiger partial charge in [-0.1, -0.05) is 17.9 Å². The van der Waals surface area contributed by atoms with Crippen LogP contribution in [0.2, 0.25) is 0 Å². The van der Waals surface area contributed by atoms with E-state index in [0.29, 0.717) is 18.8 Å². The number of rotatable bonds is 4. The summed E-state index contributed by atoms with van der Waals surface area (Å²) < 4.78 is 5.01. The van der Waals surface area contributed by atoms with E-state index in [1.54, 1.807) is 12.1 Å². The molecule has 0 aromatic heterocycles. The van der Waals surface area contributed by atoms with Gasteiger partial charge in [-0.3, -0.25) is 4.79 Å². The molecule has 4 heteroatoms. The molecule has 0 bridgehead atoms. The third kappa shape index (κ3) is 5.16. The molecule has 1 aromatic carbocycles. The fourth-order valence-electron chi connectivity index (χ4n) is 1.22. The Balaban J connectivity index is 2.62. The van der Waals surface area contributed by atoms with Gasteiger partial charge < -0.3 is 15.8 Å². The van der Waals surface area contributed by atoms with Crippen LogP contribution in [0.3, 0.4) is 0 Å². The quantitative estimate of drug-likeness (QED) is 0.760. The fourth-order valence-corrected chi connectivity index (χ4v) is 1.22. The number of carbonyl (C=O) groups is 1. The molecule has 0 atom stereocenters. The molecule has 0 saturated heterocycles. The molecule has 0 aliphatic rings. The Morgan fingerprint density at radius 2 is 2.35 bits per heavy atom. The standard InChI is InChI=1S/C13H16N2O2/c1-2-17-10-13(16)15-12-7-3-5-11(9-12)6-4-8-14/h3,5,7,9H,2,8,10,14H2,1H3,(H,15,16). The summed E-state index contributed by atoms with van der Waals surface area (Å²) in [4.78, 5) is 11.4. The minimum atomic E-state index is -0.171. The Morgan fingerprint density at radius 1 is 1.53 bits per heavy atom. The lowest BCUT2D eigenvalue weighted by atomic mass is 10.2. The van der Waals surface area contributed by atoms with E-state index in [0.717, 1.165) is 5.56 Å². The third-order valence-corrected chi connectivity index (χ3v) is 1.92. The highest BCUT2D eigenvalue weighted by molar-refractivity contribution is 5.91. The molecule has 4 nitrogen and oxygen atoms in total. The highest BCUT2D eigenvalue weighted by Crippen LogP contribution is 2.09. The van der Waals surface area contributed by atoms with Crippen LogP contribution in [0, 0.1) is 11.8 Å². The molecule has 0 aliphatic heterocycles. The van der Waals surface area contributed by atoms with Crippen molar-refractivity contribution < 1.29 is 9.53 Å². The number of nitrogens with two attached hydrogens (primary N) is 1. The van der Waals surface area contributed by atoms with Gasteiger partial charge in [0, 0.05) is 17.9 Å². The van der Waals surface area contributed by atoms with Gasteiger partial charge in [0.1, 0.15) is 6.61 Å². The lowest BCUT2D eigenvalue weighted by molar-refractivity contribution is -0.120. The Bertz CT molecular complexity index is 433. The van der Waals surface area contributed by atoms with Crippen molar-refractivity contribution in [3.63, 3.8) is 0 Å². The summed E-state index contributed by atoms with van der Waals surface area (Å²) in [6.45, 7) is 2.75. The van der Waals surface area contributed by atoms with E-state index in [1.165, 1.54) is 0 Å². The van der Waals surface area contributed by atoms with Crippen LogP contribution < -0.4 is 11.1 Å². The maximum atomic E-state index is 11.4. The molecule has 0 fully saturated rings. The first-order valence-corrected chi connectivity index (χ1v) is 5.43. The highest BCUT2D eigenvalue weighted by atomic mass is 16.5. The topological polar surface area (TPSA) is 64.3 Å². The monoisotopic (exact) mass is 232 g/mol. The summed E-state index contributed by atoms with van der Waals surface area (Å²) in [5.74, 6) is 5.49. The molecule has 17 heavy (non-hydrogen) atoms. The van der Waals surface area contributed by atoms with Crippen LogP contribution in [-0.2, 0) is 9.53 Å². The molecule has 3 N–H and O–H groups in total. The van der Waals surface area contributed by atoms with Crippen molar-refractivity contribution in [2.45, 2.75) is 6.92 Å². The van der Waals surface area contributed by atoms with Gasteiger partial charge in [-0.2, -0.15) is 0 Å². The van der Waals surface area contributed by atoms with Gasteiger partial charge in [0.2, 0.25) is 5.91 Å². The van der Waals surface area contributed by atoms with E-state index in [1.807, 2.05) is 19.1 Å². The zero-order chi connectivity index (χ0) is 12.5. The zero-order valence-electron chi connectivity index (χ0n) is 9.82. The second-order valence-electron chi connectivity index (χ2n) is 3.27. The van der Waals surface area contributed by atoms with E-state index < -0.39 is 0 Å². The minimum absolute atomic E-state index is 0.0647. The number of hydrogen-bond donors (Lipinski definition) is 2. The third-order valence-electron chi connectivity index (χ3n) is 1.92. The average molecular weight is 232 g/mol. The molecule has 0 saturated carbocycles. The summed E-state index contributed by atoms with van der Waals surface area (Å²) >= 11 is 0. The number of ether oxygens (including phenoxy) is 1. The Kier molecular flexibility index (Phi) is 5.80. The van der Waals surface area contributed by atoms with Crippen LogP contribution in [0.5, 0.6) is 0 Å². The van der Waals surface area contributed by atoms with Crippen LogP contribution >= 0.6 is 0 Å². The van der Waals surface area contributed by atoms with Crippen molar-refractivity contribution in [2.75, 3.05) is 25.1 Å². The van der Waals surface area contributed by atoms with Crippen LogP contribution in [-0.4, -0.2) is 25.7 Å². The molecule has 0 unspecified atom stereocenters. The molecule has 0 spiro atoms. The van der Waals surface area contributed by atoms with E-state index in [9.17, 15) is 4.79 Å². The molecule has 0 heterocycles. The maximum absolute atomic E-state index is 11.4. The summed E-state index contributed by atoms with van der Waals surface area (Å²) in [7, 11) is 0. The molecule has 0 radical (unpaired) electrons. The van der Waals surface area contributed by atoms with Gasteiger partial charge in [-0.25, -0.2) is 0 Å². The first kappa shape index (κ1) is 13.2. The second kappa shape index (κ2) is 7.44. The van der Waals surface area contributed by atoms with Gasteiger partial charge in [0.25, 0.3) is 0 Å². The largest absolute Gasteiger partial charge is 0.372 e. The molecular formula is C13H16N2O2. The maximum Gasteiger partial charge on any atom is 0.250 e. The first-order chi connectivity index (χ1) is 8.26. The van der Waals surface area contributed by atoms with Crippen LogP contribution in [0.15, 0.2) is 24.3 Å². The van der Waals surface area contributed by atoms with Crippen LogP contribution in [0.4, 0.5) is 5.69 Å².